The van der Waals surface area contributed by atoms with Crippen LogP contribution >= 0.6 is 15.9 Å². The van der Waals surface area contributed by atoms with E-state index in [0.29, 0.717) is 0 Å². The Bertz CT molecular complexity index is 545. The van der Waals surface area contributed by atoms with E-state index in [1.807, 2.05) is 36.4 Å². The van der Waals surface area contributed by atoms with Crippen molar-refractivity contribution in [2.24, 2.45) is 0 Å². The first-order valence-corrected chi connectivity index (χ1v) is 6.97. The number of methoxy groups -OCH3 is 1. The predicted octanol–water partition coefficient (Wildman–Crippen LogP) is 3.70. The van der Waals surface area contributed by atoms with Crippen molar-refractivity contribution in [1.82, 2.24) is 10.3 Å². The molecule has 1 aromatic carbocycles. The minimum absolute atomic E-state index is 0.246. The molecule has 0 aliphatic heterocycles. The van der Waals surface area contributed by atoms with Crippen molar-refractivity contribution < 1.29 is 4.74 Å². The summed E-state index contributed by atoms with van der Waals surface area (Å²) in [6.07, 6.45) is 0. The van der Waals surface area contributed by atoms with Crippen LogP contribution in [0.5, 0.6) is 5.75 Å². The van der Waals surface area contributed by atoms with Crippen LogP contribution in [-0.4, -0.2) is 12.1 Å². The third-order valence-corrected chi connectivity index (χ3v) is 3.40. The van der Waals surface area contributed by atoms with Gasteiger partial charge in [0.15, 0.2) is 0 Å². The molecule has 1 atom stereocenters. The molecule has 0 aliphatic carbocycles. The summed E-state index contributed by atoms with van der Waals surface area (Å²) in [4.78, 5) is 4.40. The first kappa shape index (κ1) is 14.0. The molecule has 3 nitrogen and oxygen atoms in total. The van der Waals surface area contributed by atoms with Gasteiger partial charge in [0, 0.05) is 12.6 Å². The highest BCUT2D eigenvalue weighted by molar-refractivity contribution is 9.10. The van der Waals surface area contributed by atoms with Gasteiger partial charge in [0.2, 0.25) is 0 Å². The lowest BCUT2D eigenvalue weighted by atomic mass is 10.1. The second-order valence-corrected chi connectivity index (χ2v) is 5.14. The molecule has 0 spiro atoms. The Kier molecular flexibility index (Phi) is 4.93. The molecule has 2 rings (SSSR count). The van der Waals surface area contributed by atoms with Gasteiger partial charge < -0.3 is 10.1 Å². The standard InChI is InChI=1S/C15H17BrN2O/c1-11(12-5-3-7-14(9-12)19-2)17-10-13-6-4-8-15(16)18-13/h3-9,11,17H,10H2,1-2H3/t11-/m0/s1. The smallest absolute Gasteiger partial charge is 0.119 e. The maximum Gasteiger partial charge on any atom is 0.119 e. The minimum Gasteiger partial charge on any atom is -0.497 e. The van der Waals surface area contributed by atoms with E-state index in [1.54, 1.807) is 7.11 Å². The minimum atomic E-state index is 0.246. The van der Waals surface area contributed by atoms with E-state index in [9.17, 15) is 0 Å². The van der Waals surface area contributed by atoms with Gasteiger partial charge in [0.1, 0.15) is 10.4 Å². The van der Waals surface area contributed by atoms with E-state index in [-0.39, 0.29) is 6.04 Å². The van der Waals surface area contributed by atoms with Crippen LogP contribution in [0, 0.1) is 0 Å². The number of benzene rings is 1. The number of hydrogen-bond donors (Lipinski definition) is 1. The summed E-state index contributed by atoms with van der Waals surface area (Å²) in [6.45, 7) is 2.87. The van der Waals surface area contributed by atoms with Crippen LogP contribution in [0.3, 0.4) is 0 Å². The Morgan fingerprint density at radius 2 is 2.05 bits per heavy atom. The van der Waals surface area contributed by atoms with Crippen molar-refractivity contribution in [3.8, 4) is 5.75 Å². The van der Waals surface area contributed by atoms with E-state index in [0.717, 1.165) is 22.6 Å². The van der Waals surface area contributed by atoms with Crippen molar-refractivity contribution in [1.29, 1.82) is 0 Å². The van der Waals surface area contributed by atoms with Gasteiger partial charge in [-0.3, -0.25) is 0 Å². The van der Waals surface area contributed by atoms with E-state index >= 15 is 0 Å². The zero-order valence-electron chi connectivity index (χ0n) is 11.1. The monoisotopic (exact) mass is 320 g/mol. The molecular formula is C15H17BrN2O. The van der Waals surface area contributed by atoms with Gasteiger partial charge in [-0.25, -0.2) is 4.98 Å². The largest absolute Gasteiger partial charge is 0.497 e. The highest BCUT2D eigenvalue weighted by Crippen LogP contribution is 2.19. The number of nitrogens with one attached hydrogen (secondary N) is 1. The van der Waals surface area contributed by atoms with Crippen molar-refractivity contribution in [2.75, 3.05) is 7.11 Å². The number of rotatable bonds is 5. The zero-order valence-corrected chi connectivity index (χ0v) is 12.6. The fraction of sp³-hybridized carbons (Fsp3) is 0.267. The van der Waals surface area contributed by atoms with Gasteiger partial charge in [-0.15, -0.1) is 0 Å². The second-order valence-electron chi connectivity index (χ2n) is 4.33. The fourth-order valence-corrected chi connectivity index (χ4v) is 2.22. The predicted molar refractivity (Wildman–Crippen MR) is 80.2 cm³/mol. The average Bonchev–Trinajstić information content (AvgIpc) is 2.45. The molecule has 2 aromatic rings. The first-order chi connectivity index (χ1) is 9.19. The summed E-state index contributed by atoms with van der Waals surface area (Å²) in [5.74, 6) is 0.881. The number of aromatic nitrogens is 1. The molecule has 0 amide bonds. The summed E-state index contributed by atoms with van der Waals surface area (Å²) in [5, 5.41) is 3.45. The number of halogens is 1. The Morgan fingerprint density at radius 1 is 1.26 bits per heavy atom. The van der Waals surface area contributed by atoms with Crippen LogP contribution in [0.2, 0.25) is 0 Å². The van der Waals surface area contributed by atoms with E-state index in [2.05, 4.69) is 39.2 Å². The number of pyridine rings is 1. The molecule has 1 heterocycles. The molecule has 1 N–H and O–H groups in total. The molecule has 0 saturated carbocycles. The highest BCUT2D eigenvalue weighted by atomic mass is 79.9. The molecule has 100 valence electrons. The van der Waals surface area contributed by atoms with Crippen LogP contribution in [0.25, 0.3) is 0 Å². The van der Waals surface area contributed by atoms with Crippen molar-refractivity contribution in [2.45, 2.75) is 19.5 Å². The number of hydrogen-bond acceptors (Lipinski definition) is 3. The molecule has 1 aromatic heterocycles. The van der Waals surface area contributed by atoms with Crippen LogP contribution in [0.15, 0.2) is 47.1 Å². The Balaban J connectivity index is 1.99. The highest BCUT2D eigenvalue weighted by Gasteiger charge is 2.06. The summed E-state index contributed by atoms with van der Waals surface area (Å²) >= 11 is 3.38. The van der Waals surface area contributed by atoms with Crippen molar-refractivity contribution >= 4 is 15.9 Å². The molecular weight excluding hydrogens is 304 g/mol. The fourth-order valence-electron chi connectivity index (χ4n) is 1.84. The molecule has 0 fully saturated rings. The van der Waals surface area contributed by atoms with Crippen LogP contribution in [-0.2, 0) is 6.54 Å². The maximum absolute atomic E-state index is 5.24. The molecule has 0 radical (unpaired) electrons. The zero-order chi connectivity index (χ0) is 13.7. The van der Waals surface area contributed by atoms with Crippen LogP contribution in [0.1, 0.15) is 24.2 Å². The topological polar surface area (TPSA) is 34.1 Å². The third kappa shape index (κ3) is 4.04. The van der Waals surface area contributed by atoms with Gasteiger partial charge in [-0.2, -0.15) is 0 Å². The van der Waals surface area contributed by atoms with Crippen molar-refractivity contribution in [3.05, 3.63) is 58.3 Å². The summed E-state index contributed by atoms with van der Waals surface area (Å²) in [7, 11) is 1.68. The first-order valence-electron chi connectivity index (χ1n) is 6.18. The molecule has 0 aliphatic rings. The normalized spacial score (nSPS) is 12.2. The van der Waals surface area contributed by atoms with E-state index < -0.39 is 0 Å². The lowest BCUT2D eigenvalue weighted by Crippen LogP contribution is -2.18. The quantitative estimate of drug-likeness (QED) is 0.853. The number of nitrogens with zero attached hydrogens (tertiary/aromatic N) is 1. The van der Waals surface area contributed by atoms with Gasteiger partial charge in [-0.1, -0.05) is 18.2 Å². The average molecular weight is 321 g/mol. The number of ether oxygens (including phenoxy) is 1. The lowest BCUT2D eigenvalue weighted by Gasteiger charge is -2.15. The van der Waals surface area contributed by atoms with Crippen molar-refractivity contribution in [3.63, 3.8) is 0 Å². The third-order valence-electron chi connectivity index (χ3n) is 2.96. The Labute approximate surface area is 122 Å². The Hall–Kier alpha value is -1.39. The van der Waals surface area contributed by atoms with Gasteiger partial charge in [0.05, 0.1) is 12.8 Å². The van der Waals surface area contributed by atoms with Gasteiger partial charge >= 0.3 is 0 Å². The Morgan fingerprint density at radius 3 is 2.79 bits per heavy atom. The van der Waals surface area contributed by atoms with E-state index in [4.69, 9.17) is 4.74 Å². The van der Waals surface area contributed by atoms with E-state index in [1.165, 1.54) is 5.56 Å². The molecule has 0 bridgehead atoms. The SMILES string of the molecule is COc1cccc([C@H](C)NCc2cccc(Br)n2)c1. The lowest BCUT2D eigenvalue weighted by molar-refractivity contribution is 0.413. The second kappa shape index (κ2) is 6.68. The molecule has 4 heteroatoms. The molecule has 0 saturated heterocycles. The van der Waals surface area contributed by atoms with Crippen LogP contribution < -0.4 is 10.1 Å². The van der Waals surface area contributed by atoms with Gasteiger partial charge in [0.25, 0.3) is 0 Å². The summed E-state index contributed by atoms with van der Waals surface area (Å²) in [6, 6.07) is 14.3. The summed E-state index contributed by atoms with van der Waals surface area (Å²) in [5.41, 5.74) is 2.22. The summed E-state index contributed by atoms with van der Waals surface area (Å²) < 4.78 is 6.10. The maximum atomic E-state index is 5.24. The molecule has 19 heavy (non-hydrogen) atoms. The van der Waals surface area contributed by atoms with Crippen LogP contribution in [0.4, 0.5) is 0 Å². The van der Waals surface area contributed by atoms with Gasteiger partial charge in [-0.05, 0) is 52.7 Å². The molecule has 0 unspecified atom stereocenters.